The maximum Gasteiger partial charge on any atom is 0.417 e. The van der Waals surface area contributed by atoms with Gasteiger partial charge in [-0.15, -0.1) is 0 Å². The molecule has 3 nitrogen and oxygen atoms in total. The molecule has 0 radical (unpaired) electrons. The van der Waals surface area contributed by atoms with Crippen LogP contribution >= 0.6 is 0 Å². The van der Waals surface area contributed by atoms with E-state index >= 15 is 0 Å². The first-order valence-electron chi connectivity index (χ1n) is 6.14. The molecule has 1 atom stereocenters. The predicted molar refractivity (Wildman–Crippen MR) is 68.2 cm³/mol. The van der Waals surface area contributed by atoms with Crippen LogP contribution in [0.25, 0.3) is 6.08 Å². The minimum Gasteiger partial charge on any atom is -0.379 e. The first-order valence-corrected chi connectivity index (χ1v) is 6.14. The van der Waals surface area contributed by atoms with E-state index in [0.29, 0.717) is 25.2 Å². The quantitative estimate of drug-likeness (QED) is 0.927. The normalized spacial score (nSPS) is 18.9. The van der Waals surface area contributed by atoms with Gasteiger partial charge in [0.25, 0.3) is 5.91 Å². The Kier molecular flexibility index (Phi) is 4.13. The van der Waals surface area contributed by atoms with Crippen LogP contribution in [-0.4, -0.2) is 25.2 Å². The predicted octanol–water partition coefficient (Wildman–Crippen LogP) is 2.87. The van der Waals surface area contributed by atoms with Gasteiger partial charge in [0.15, 0.2) is 0 Å². The molecule has 6 heteroatoms. The van der Waals surface area contributed by atoms with Crippen molar-refractivity contribution in [2.24, 2.45) is 0 Å². The second-order valence-electron chi connectivity index (χ2n) is 4.54. The second-order valence-corrected chi connectivity index (χ2v) is 4.54. The molecule has 0 spiro atoms. The number of hydrogen-bond donors (Lipinski definition) is 1. The van der Waals surface area contributed by atoms with E-state index in [1.165, 1.54) is 18.2 Å². The topological polar surface area (TPSA) is 38.3 Å². The lowest BCUT2D eigenvalue weighted by molar-refractivity contribution is -0.137. The molecule has 1 amide bonds. The maximum atomic E-state index is 12.9. The lowest BCUT2D eigenvalue weighted by Gasteiger charge is -2.16. The van der Waals surface area contributed by atoms with Crippen molar-refractivity contribution in [3.63, 3.8) is 0 Å². The molecular formula is C14H14F3NO2. The number of carbonyl (C=O) groups excluding carboxylic acids is 1. The largest absolute Gasteiger partial charge is 0.417 e. The zero-order chi connectivity index (χ0) is 14.8. The molecule has 1 aromatic carbocycles. The summed E-state index contributed by atoms with van der Waals surface area (Å²) in [5.74, 6) is -0.739. The van der Waals surface area contributed by atoms with Gasteiger partial charge in [0.05, 0.1) is 23.8 Å². The highest BCUT2D eigenvalue weighted by Gasteiger charge is 2.35. The molecule has 0 aromatic heterocycles. The van der Waals surface area contributed by atoms with Crippen molar-refractivity contribution < 1.29 is 22.7 Å². The molecule has 108 valence electrons. The van der Waals surface area contributed by atoms with Crippen molar-refractivity contribution in [3.05, 3.63) is 41.5 Å². The molecule has 1 aromatic rings. The number of rotatable bonds is 3. The average molecular weight is 285 g/mol. The lowest BCUT2D eigenvalue weighted by Crippen LogP contribution is -2.36. The monoisotopic (exact) mass is 285 g/mol. The van der Waals surface area contributed by atoms with Crippen molar-refractivity contribution in [3.8, 4) is 0 Å². The van der Waals surface area contributed by atoms with Crippen molar-refractivity contribution in [1.82, 2.24) is 5.32 Å². The molecular weight excluding hydrogens is 271 g/mol. The van der Waals surface area contributed by atoms with Gasteiger partial charge in [0.2, 0.25) is 0 Å². The Balaban J connectivity index is 2.31. The molecule has 20 heavy (non-hydrogen) atoms. The molecule has 1 N–H and O–H groups in total. The highest BCUT2D eigenvalue weighted by Crippen LogP contribution is 2.32. The minimum absolute atomic E-state index is 0.240. The van der Waals surface area contributed by atoms with E-state index in [1.807, 2.05) is 0 Å². The van der Waals surface area contributed by atoms with Crippen LogP contribution in [0, 0.1) is 0 Å². The van der Waals surface area contributed by atoms with Gasteiger partial charge in [-0.1, -0.05) is 18.7 Å². The first kappa shape index (κ1) is 14.6. The van der Waals surface area contributed by atoms with Crippen LogP contribution in [0.4, 0.5) is 13.2 Å². The molecule has 1 saturated heterocycles. The number of alkyl halides is 3. The number of carbonyl (C=O) groups is 1. The summed E-state index contributed by atoms with van der Waals surface area (Å²) in [4.78, 5) is 12.0. The summed E-state index contributed by atoms with van der Waals surface area (Å²) in [5.41, 5.74) is -0.868. The van der Waals surface area contributed by atoms with E-state index in [2.05, 4.69) is 11.9 Å². The zero-order valence-corrected chi connectivity index (χ0v) is 10.7. The molecule has 0 bridgehead atoms. The molecule has 2 rings (SSSR count). The van der Waals surface area contributed by atoms with Crippen LogP contribution in [0.1, 0.15) is 27.9 Å². The molecule has 0 saturated carbocycles. The van der Waals surface area contributed by atoms with Gasteiger partial charge >= 0.3 is 6.18 Å². The molecule has 1 unspecified atom stereocenters. The van der Waals surface area contributed by atoms with Crippen molar-refractivity contribution in [2.45, 2.75) is 18.6 Å². The fourth-order valence-corrected chi connectivity index (χ4v) is 2.04. The van der Waals surface area contributed by atoms with Gasteiger partial charge < -0.3 is 10.1 Å². The Morgan fingerprint density at radius 1 is 1.45 bits per heavy atom. The summed E-state index contributed by atoms with van der Waals surface area (Å²) >= 11 is 0. The van der Waals surface area contributed by atoms with E-state index < -0.39 is 17.6 Å². The molecule has 1 fully saturated rings. The third kappa shape index (κ3) is 3.19. The Morgan fingerprint density at radius 3 is 2.75 bits per heavy atom. The molecule has 1 aliphatic heterocycles. The standard InChI is InChI=1S/C14H14F3NO2/c1-2-9-3-4-12(14(15,16)17)11(7-9)13(19)18-10-5-6-20-8-10/h2-4,7,10H,1,5-6,8H2,(H,18,19). The Hall–Kier alpha value is -1.82. The number of nitrogens with one attached hydrogen (secondary N) is 1. The molecule has 1 heterocycles. The Labute approximate surface area is 114 Å². The van der Waals surface area contributed by atoms with E-state index in [0.717, 1.165) is 6.07 Å². The third-order valence-corrected chi connectivity index (χ3v) is 3.09. The van der Waals surface area contributed by atoms with Gasteiger partial charge in [-0.25, -0.2) is 0 Å². The van der Waals surface area contributed by atoms with Crippen LogP contribution < -0.4 is 5.32 Å². The van der Waals surface area contributed by atoms with Gasteiger partial charge in [-0.3, -0.25) is 4.79 Å². The highest BCUT2D eigenvalue weighted by atomic mass is 19.4. The van der Waals surface area contributed by atoms with Crippen LogP contribution in [0.15, 0.2) is 24.8 Å². The van der Waals surface area contributed by atoms with Crippen LogP contribution in [0.3, 0.4) is 0 Å². The van der Waals surface area contributed by atoms with E-state index in [4.69, 9.17) is 4.74 Å². The van der Waals surface area contributed by atoms with Crippen molar-refractivity contribution in [2.75, 3.05) is 13.2 Å². The summed E-state index contributed by atoms with van der Waals surface area (Å²) in [5, 5.41) is 2.56. The highest BCUT2D eigenvalue weighted by molar-refractivity contribution is 5.96. The van der Waals surface area contributed by atoms with Gasteiger partial charge in [0.1, 0.15) is 0 Å². The summed E-state index contributed by atoms with van der Waals surface area (Å²) < 4.78 is 43.9. The smallest absolute Gasteiger partial charge is 0.379 e. The SMILES string of the molecule is C=Cc1ccc(C(F)(F)F)c(C(=O)NC2CCOC2)c1. The third-order valence-electron chi connectivity index (χ3n) is 3.09. The van der Waals surface area contributed by atoms with Crippen molar-refractivity contribution >= 4 is 12.0 Å². The maximum absolute atomic E-state index is 12.9. The summed E-state index contributed by atoms with van der Waals surface area (Å²) in [6.45, 7) is 4.32. The fourth-order valence-electron chi connectivity index (χ4n) is 2.04. The number of ether oxygens (including phenoxy) is 1. The molecule has 0 aliphatic carbocycles. The lowest BCUT2D eigenvalue weighted by atomic mass is 10.0. The number of benzene rings is 1. The zero-order valence-electron chi connectivity index (χ0n) is 10.7. The number of halogens is 3. The van der Waals surface area contributed by atoms with E-state index in [-0.39, 0.29) is 11.6 Å². The van der Waals surface area contributed by atoms with Crippen LogP contribution in [0.5, 0.6) is 0 Å². The average Bonchev–Trinajstić information content (AvgIpc) is 2.89. The summed E-state index contributed by atoms with van der Waals surface area (Å²) in [6.07, 6.45) is -2.57. The first-order chi connectivity index (χ1) is 9.41. The molecule has 1 aliphatic rings. The van der Waals surface area contributed by atoms with Crippen LogP contribution in [0.2, 0.25) is 0 Å². The Morgan fingerprint density at radius 2 is 2.20 bits per heavy atom. The number of hydrogen-bond acceptors (Lipinski definition) is 2. The number of amides is 1. The summed E-state index contributed by atoms with van der Waals surface area (Å²) in [6, 6.07) is 3.14. The van der Waals surface area contributed by atoms with E-state index in [1.54, 1.807) is 0 Å². The van der Waals surface area contributed by atoms with Gasteiger partial charge in [-0.05, 0) is 24.1 Å². The summed E-state index contributed by atoms with van der Waals surface area (Å²) in [7, 11) is 0. The second kappa shape index (κ2) is 5.66. The fraction of sp³-hybridized carbons (Fsp3) is 0.357. The van der Waals surface area contributed by atoms with Gasteiger partial charge in [0, 0.05) is 6.61 Å². The Bertz CT molecular complexity index is 520. The van der Waals surface area contributed by atoms with Crippen LogP contribution in [-0.2, 0) is 10.9 Å². The van der Waals surface area contributed by atoms with Gasteiger partial charge in [-0.2, -0.15) is 13.2 Å². The minimum atomic E-state index is -4.57. The van der Waals surface area contributed by atoms with Crippen molar-refractivity contribution in [1.29, 1.82) is 0 Å². The van der Waals surface area contributed by atoms with E-state index in [9.17, 15) is 18.0 Å².